The molecule has 1 amide bonds. The van der Waals surface area contributed by atoms with E-state index in [1.165, 1.54) is 6.07 Å². The molecule has 86 valence electrons. The zero-order valence-electron chi connectivity index (χ0n) is 9.59. The molecule has 2 nitrogen and oxygen atoms in total. The summed E-state index contributed by atoms with van der Waals surface area (Å²) in [5.74, 6) is -0.871. The minimum atomic E-state index is -0.492. The van der Waals surface area contributed by atoms with Crippen molar-refractivity contribution >= 4 is 5.91 Å². The molecule has 0 fully saturated rings. The van der Waals surface area contributed by atoms with E-state index in [2.05, 4.69) is 11.9 Å². The summed E-state index contributed by atoms with van der Waals surface area (Å²) in [7, 11) is 0. The van der Waals surface area contributed by atoms with Crippen LogP contribution in [-0.2, 0) is 0 Å². The standard InChI is InChI=1S/C13H16FNO/c1-4-5-10(3)15-13(16)11-8-9(2)6-7-12(11)14/h4,6-8,10H,1,5H2,2-3H3,(H,15,16). The molecule has 1 atom stereocenters. The lowest BCUT2D eigenvalue weighted by molar-refractivity contribution is 0.0936. The quantitative estimate of drug-likeness (QED) is 0.778. The predicted molar refractivity (Wildman–Crippen MR) is 62.9 cm³/mol. The zero-order chi connectivity index (χ0) is 12.1. The highest BCUT2D eigenvalue weighted by molar-refractivity contribution is 5.94. The highest BCUT2D eigenvalue weighted by Crippen LogP contribution is 2.10. The van der Waals surface area contributed by atoms with Crippen molar-refractivity contribution in [1.82, 2.24) is 5.32 Å². The van der Waals surface area contributed by atoms with Crippen molar-refractivity contribution in [3.8, 4) is 0 Å². The van der Waals surface area contributed by atoms with E-state index in [9.17, 15) is 9.18 Å². The maximum Gasteiger partial charge on any atom is 0.254 e. The number of amides is 1. The number of nitrogens with one attached hydrogen (secondary N) is 1. The molecule has 1 unspecified atom stereocenters. The lowest BCUT2D eigenvalue weighted by Gasteiger charge is -2.12. The van der Waals surface area contributed by atoms with Crippen LogP contribution in [0.25, 0.3) is 0 Å². The fourth-order valence-corrected chi connectivity index (χ4v) is 1.42. The van der Waals surface area contributed by atoms with Crippen LogP contribution in [0.2, 0.25) is 0 Å². The third-order valence-corrected chi connectivity index (χ3v) is 2.26. The van der Waals surface area contributed by atoms with Gasteiger partial charge in [-0.2, -0.15) is 0 Å². The van der Waals surface area contributed by atoms with Gasteiger partial charge in [-0.25, -0.2) is 4.39 Å². The van der Waals surface area contributed by atoms with Gasteiger partial charge in [-0.3, -0.25) is 4.79 Å². The van der Waals surface area contributed by atoms with Gasteiger partial charge in [-0.1, -0.05) is 17.7 Å². The Kier molecular flexibility index (Phi) is 4.23. The van der Waals surface area contributed by atoms with Crippen molar-refractivity contribution in [2.45, 2.75) is 26.3 Å². The summed E-state index contributed by atoms with van der Waals surface area (Å²) in [6.45, 7) is 7.26. The SMILES string of the molecule is C=CCC(C)NC(=O)c1cc(C)ccc1F. The fourth-order valence-electron chi connectivity index (χ4n) is 1.42. The average molecular weight is 221 g/mol. The van der Waals surface area contributed by atoms with Crippen molar-refractivity contribution < 1.29 is 9.18 Å². The molecule has 0 saturated heterocycles. The van der Waals surface area contributed by atoms with Crippen LogP contribution in [-0.4, -0.2) is 11.9 Å². The van der Waals surface area contributed by atoms with Crippen molar-refractivity contribution in [2.24, 2.45) is 0 Å². The second-order valence-electron chi connectivity index (χ2n) is 3.88. The molecule has 0 heterocycles. The lowest BCUT2D eigenvalue weighted by atomic mass is 10.1. The molecule has 0 aliphatic rings. The summed E-state index contributed by atoms with van der Waals surface area (Å²) in [6.07, 6.45) is 2.39. The van der Waals surface area contributed by atoms with Gasteiger partial charge in [0.25, 0.3) is 5.91 Å². The maximum atomic E-state index is 13.4. The Bertz CT molecular complexity index is 401. The van der Waals surface area contributed by atoms with Crippen LogP contribution in [0.1, 0.15) is 29.3 Å². The summed E-state index contributed by atoms with van der Waals surface area (Å²) in [6, 6.07) is 4.46. The largest absolute Gasteiger partial charge is 0.349 e. The van der Waals surface area contributed by atoms with Gasteiger partial charge >= 0.3 is 0 Å². The van der Waals surface area contributed by atoms with E-state index in [1.807, 2.05) is 13.8 Å². The van der Waals surface area contributed by atoms with Gasteiger partial charge < -0.3 is 5.32 Å². The summed E-state index contributed by atoms with van der Waals surface area (Å²) < 4.78 is 13.4. The molecule has 0 aromatic heterocycles. The number of carbonyl (C=O) groups excluding carboxylic acids is 1. The first-order valence-corrected chi connectivity index (χ1v) is 5.22. The van der Waals surface area contributed by atoms with E-state index in [0.717, 1.165) is 5.56 Å². The first-order chi connectivity index (χ1) is 7.54. The summed E-state index contributed by atoms with van der Waals surface area (Å²) in [5, 5.41) is 2.71. The highest BCUT2D eigenvalue weighted by atomic mass is 19.1. The van der Waals surface area contributed by atoms with E-state index in [0.29, 0.717) is 6.42 Å². The lowest BCUT2D eigenvalue weighted by Crippen LogP contribution is -2.32. The van der Waals surface area contributed by atoms with E-state index in [4.69, 9.17) is 0 Å². The third kappa shape index (κ3) is 3.19. The van der Waals surface area contributed by atoms with Crippen molar-refractivity contribution in [3.63, 3.8) is 0 Å². The number of benzene rings is 1. The Balaban J connectivity index is 2.80. The Morgan fingerprint density at radius 3 is 2.94 bits per heavy atom. The molecular formula is C13H16FNO. The first kappa shape index (κ1) is 12.4. The number of hydrogen-bond acceptors (Lipinski definition) is 1. The van der Waals surface area contributed by atoms with E-state index >= 15 is 0 Å². The number of carbonyl (C=O) groups is 1. The highest BCUT2D eigenvalue weighted by Gasteiger charge is 2.13. The van der Waals surface area contributed by atoms with E-state index in [1.54, 1.807) is 18.2 Å². The summed E-state index contributed by atoms with van der Waals surface area (Å²) in [4.78, 5) is 11.7. The summed E-state index contributed by atoms with van der Waals surface area (Å²) in [5.41, 5.74) is 0.957. The van der Waals surface area contributed by atoms with Gasteiger partial charge in [0.05, 0.1) is 5.56 Å². The number of halogens is 1. The van der Waals surface area contributed by atoms with Crippen LogP contribution in [0.3, 0.4) is 0 Å². The molecule has 1 aromatic rings. The van der Waals surface area contributed by atoms with Gasteiger partial charge in [0, 0.05) is 6.04 Å². The van der Waals surface area contributed by atoms with Crippen molar-refractivity contribution in [3.05, 3.63) is 47.8 Å². The molecule has 0 saturated carbocycles. The van der Waals surface area contributed by atoms with Crippen LogP contribution in [0.5, 0.6) is 0 Å². The molecular weight excluding hydrogens is 205 g/mol. The molecule has 0 aliphatic carbocycles. The minimum Gasteiger partial charge on any atom is -0.349 e. The van der Waals surface area contributed by atoms with E-state index in [-0.39, 0.29) is 17.5 Å². The molecule has 16 heavy (non-hydrogen) atoms. The van der Waals surface area contributed by atoms with Gasteiger partial charge in [-0.15, -0.1) is 6.58 Å². The molecule has 1 rings (SSSR count). The second kappa shape index (κ2) is 5.45. The van der Waals surface area contributed by atoms with Crippen LogP contribution < -0.4 is 5.32 Å². The zero-order valence-corrected chi connectivity index (χ0v) is 9.59. The minimum absolute atomic E-state index is 0.0371. The average Bonchev–Trinajstić information content (AvgIpc) is 2.21. The number of rotatable bonds is 4. The van der Waals surface area contributed by atoms with Crippen LogP contribution >= 0.6 is 0 Å². The Labute approximate surface area is 95.2 Å². The smallest absolute Gasteiger partial charge is 0.254 e. The van der Waals surface area contributed by atoms with Crippen LogP contribution in [0.15, 0.2) is 30.9 Å². The van der Waals surface area contributed by atoms with Crippen molar-refractivity contribution in [2.75, 3.05) is 0 Å². The van der Waals surface area contributed by atoms with Gasteiger partial charge in [0.2, 0.25) is 0 Å². The predicted octanol–water partition coefficient (Wildman–Crippen LogP) is 2.83. The van der Waals surface area contributed by atoms with Gasteiger partial charge in [0.1, 0.15) is 5.82 Å². The molecule has 3 heteroatoms. The van der Waals surface area contributed by atoms with Gasteiger partial charge in [-0.05, 0) is 32.4 Å². The maximum absolute atomic E-state index is 13.4. The number of aryl methyl sites for hydroxylation is 1. The van der Waals surface area contributed by atoms with Crippen LogP contribution in [0, 0.1) is 12.7 Å². The van der Waals surface area contributed by atoms with Crippen LogP contribution in [0.4, 0.5) is 4.39 Å². The Morgan fingerprint density at radius 1 is 1.62 bits per heavy atom. The Hall–Kier alpha value is -1.64. The number of hydrogen-bond donors (Lipinski definition) is 1. The molecule has 1 N–H and O–H groups in total. The normalized spacial score (nSPS) is 11.9. The fraction of sp³-hybridized carbons (Fsp3) is 0.308. The molecule has 0 aliphatic heterocycles. The molecule has 1 aromatic carbocycles. The third-order valence-electron chi connectivity index (χ3n) is 2.26. The summed E-state index contributed by atoms with van der Waals surface area (Å²) >= 11 is 0. The molecule has 0 spiro atoms. The van der Waals surface area contributed by atoms with E-state index < -0.39 is 5.82 Å². The first-order valence-electron chi connectivity index (χ1n) is 5.22. The van der Waals surface area contributed by atoms with Gasteiger partial charge in [0.15, 0.2) is 0 Å². The monoisotopic (exact) mass is 221 g/mol. The van der Waals surface area contributed by atoms with Crippen molar-refractivity contribution in [1.29, 1.82) is 0 Å². The Morgan fingerprint density at radius 2 is 2.31 bits per heavy atom. The topological polar surface area (TPSA) is 29.1 Å². The second-order valence-corrected chi connectivity index (χ2v) is 3.88. The molecule has 0 bridgehead atoms. The molecule has 0 radical (unpaired) electrons.